The maximum absolute atomic E-state index is 11.1. The van der Waals surface area contributed by atoms with Gasteiger partial charge < -0.3 is 10.1 Å². The third kappa shape index (κ3) is 3.02. The van der Waals surface area contributed by atoms with Crippen LogP contribution in [0.3, 0.4) is 0 Å². The Kier molecular flexibility index (Phi) is 3.88. The highest BCUT2D eigenvalue weighted by Gasteiger charge is 2.23. The minimum atomic E-state index is -0.342. The van der Waals surface area contributed by atoms with Gasteiger partial charge in [-0.3, -0.25) is 0 Å². The predicted octanol–water partition coefficient (Wildman–Crippen LogP) is 3.56. The van der Waals surface area contributed by atoms with Crippen molar-refractivity contribution in [3.05, 3.63) is 42.7 Å². The smallest absolute Gasteiger partial charge is 0.407 e. The first-order valence-corrected chi connectivity index (χ1v) is 8.97. The van der Waals surface area contributed by atoms with E-state index in [1.165, 1.54) is 10.4 Å². The number of hydrogen-bond donors (Lipinski definition) is 1. The van der Waals surface area contributed by atoms with Crippen LogP contribution in [0.2, 0.25) is 0 Å². The first-order valence-electron chi connectivity index (χ1n) is 7.17. The second-order valence-electron chi connectivity index (χ2n) is 5.09. The molecule has 3 heterocycles. The number of ether oxygens (including phenoxy) is 1. The summed E-state index contributed by atoms with van der Waals surface area (Å²) in [5.41, 5.74) is 1.18. The van der Waals surface area contributed by atoms with E-state index >= 15 is 0 Å². The van der Waals surface area contributed by atoms with Crippen molar-refractivity contribution in [3.8, 4) is 10.4 Å². The summed E-state index contributed by atoms with van der Waals surface area (Å²) in [6.07, 6.45) is 1.14. The topological polar surface area (TPSA) is 64.1 Å². The highest BCUT2D eigenvalue weighted by Crippen LogP contribution is 2.36. The normalized spacial score (nSPS) is 17.2. The van der Waals surface area contributed by atoms with E-state index in [-0.39, 0.29) is 12.2 Å². The van der Waals surface area contributed by atoms with Gasteiger partial charge in [-0.2, -0.15) is 0 Å². The van der Waals surface area contributed by atoms with Crippen LogP contribution >= 0.6 is 23.1 Å². The zero-order valence-electron chi connectivity index (χ0n) is 12.1. The highest BCUT2D eigenvalue weighted by atomic mass is 32.2. The summed E-state index contributed by atoms with van der Waals surface area (Å²) in [6.45, 7) is 0.555. The number of nitrogens with one attached hydrogen (secondary N) is 1. The number of alkyl carbamates (subject to hydrolysis) is 1. The van der Waals surface area contributed by atoms with E-state index in [1.807, 2.05) is 18.2 Å². The Hall–Kier alpha value is -2.12. The molecule has 0 unspecified atom stereocenters. The van der Waals surface area contributed by atoms with Crippen LogP contribution in [0.25, 0.3) is 20.7 Å². The Labute approximate surface area is 141 Å². The summed E-state index contributed by atoms with van der Waals surface area (Å²) in [4.78, 5) is 22.0. The van der Waals surface area contributed by atoms with E-state index in [0.717, 1.165) is 15.2 Å². The molecule has 3 aromatic rings. The molecule has 1 N–H and O–H groups in total. The van der Waals surface area contributed by atoms with Crippen molar-refractivity contribution in [2.45, 2.75) is 11.1 Å². The molecule has 1 aliphatic rings. The lowest BCUT2D eigenvalue weighted by Crippen LogP contribution is -2.16. The van der Waals surface area contributed by atoms with Crippen LogP contribution in [0.1, 0.15) is 0 Å². The van der Waals surface area contributed by atoms with Crippen molar-refractivity contribution >= 4 is 39.4 Å². The van der Waals surface area contributed by atoms with Gasteiger partial charge in [-0.1, -0.05) is 30.3 Å². The molecule has 4 rings (SSSR count). The molecule has 0 bridgehead atoms. The van der Waals surface area contributed by atoms with Crippen molar-refractivity contribution < 1.29 is 9.53 Å². The average molecular weight is 343 g/mol. The maximum Gasteiger partial charge on any atom is 0.407 e. The number of nitrogens with zero attached hydrogens (tertiary/aromatic N) is 2. The van der Waals surface area contributed by atoms with Gasteiger partial charge in [-0.15, -0.1) is 23.1 Å². The number of cyclic esters (lactones) is 1. The predicted molar refractivity (Wildman–Crippen MR) is 91.8 cm³/mol. The summed E-state index contributed by atoms with van der Waals surface area (Å²) < 4.78 is 5.16. The Morgan fingerprint density at radius 1 is 1.30 bits per heavy atom. The molecular weight excluding hydrogens is 330 g/mol. The number of carbonyl (C=O) groups excluding carboxylic acids is 1. The van der Waals surface area contributed by atoms with Crippen LogP contribution in [0.15, 0.2) is 47.8 Å². The van der Waals surface area contributed by atoms with Crippen LogP contribution in [0.5, 0.6) is 0 Å². The monoisotopic (exact) mass is 343 g/mol. The molecule has 1 fully saturated rings. The Morgan fingerprint density at radius 2 is 2.17 bits per heavy atom. The summed E-state index contributed by atoms with van der Waals surface area (Å²) in [5, 5.41) is 4.64. The van der Waals surface area contributed by atoms with E-state index in [2.05, 4.69) is 33.5 Å². The minimum Gasteiger partial charge on any atom is -0.443 e. The van der Waals surface area contributed by atoms with Crippen LogP contribution in [0, 0.1) is 0 Å². The number of thiophene rings is 1. The highest BCUT2D eigenvalue weighted by molar-refractivity contribution is 7.99. The number of thioether (sulfide) groups is 1. The van der Waals surface area contributed by atoms with Crippen LogP contribution < -0.4 is 5.32 Å². The second kappa shape index (κ2) is 6.17. The lowest BCUT2D eigenvalue weighted by Gasteiger charge is -2.06. The number of benzene rings is 1. The molecule has 1 atom stereocenters. The lowest BCUT2D eigenvalue weighted by atomic mass is 10.2. The van der Waals surface area contributed by atoms with E-state index in [9.17, 15) is 4.79 Å². The van der Waals surface area contributed by atoms with Gasteiger partial charge in [0.25, 0.3) is 0 Å². The molecule has 0 aliphatic carbocycles. The van der Waals surface area contributed by atoms with Gasteiger partial charge in [0, 0.05) is 16.0 Å². The van der Waals surface area contributed by atoms with Gasteiger partial charge in [0.2, 0.25) is 0 Å². The Bertz CT molecular complexity index is 851. The molecule has 1 saturated heterocycles. The van der Waals surface area contributed by atoms with Gasteiger partial charge in [-0.05, 0) is 11.6 Å². The van der Waals surface area contributed by atoms with Crippen molar-refractivity contribution in [2.75, 3.05) is 12.3 Å². The molecule has 116 valence electrons. The van der Waals surface area contributed by atoms with Gasteiger partial charge in [0.05, 0.1) is 6.54 Å². The SMILES string of the molecule is O=C1NC[C@@H](CSc2ncnc3sc(-c4ccccc4)cc23)O1. The number of rotatable bonds is 4. The van der Waals surface area contributed by atoms with Crippen molar-refractivity contribution in [3.63, 3.8) is 0 Å². The molecular formula is C16H13N3O2S2. The van der Waals surface area contributed by atoms with Crippen LogP contribution in [0.4, 0.5) is 4.79 Å². The molecule has 7 heteroatoms. The average Bonchev–Trinajstić information content (AvgIpc) is 3.20. The number of fused-ring (bicyclic) bond motifs is 1. The minimum absolute atomic E-state index is 0.107. The summed E-state index contributed by atoms with van der Waals surface area (Å²) in [5.74, 6) is 0.682. The first-order chi connectivity index (χ1) is 11.3. The fraction of sp³-hybridized carbons (Fsp3) is 0.188. The van der Waals surface area contributed by atoms with Crippen molar-refractivity contribution in [2.24, 2.45) is 0 Å². The molecule has 1 aromatic carbocycles. The third-order valence-corrected chi connectivity index (χ3v) is 5.73. The maximum atomic E-state index is 11.1. The van der Waals surface area contributed by atoms with Crippen molar-refractivity contribution in [1.82, 2.24) is 15.3 Å². The number of aromatic nitrogens is 2. The summed E-state index contributed by atoms with van der Waals surface area (Å²) in [7, 11) is 0. The molecule has 0 spiro atoms. The molecule has 1 amide bonds. The van der Waals surface area contributed by atoms with Gasteiger partial charge in [-0.25, -0.2) is 14.8 Å². The summed E-state index contributed by atoms with van der Waals surface area (Å²) >= 11 is 3.26. The van der Waals surface area contributed by atoms with E-state index < -0.39 is 0 Å². The van der Waals surface area contributed by atoms with E-state index in [4.69, 9.17) is 4.74 Å². The van der Waals surface area contributed by atoms with Gasteiger partial charge >= 0.3 is 6.09 Å². The molecule has 0 saturated carbocycles. The van der Waals surface area contributed by atoms with Crippen LogP contribution in [-0.2, 0) is 4.74 Å². The zero-order chi connectivity index (χ0) is 15.6. The number of amides is 1. The fourth-order valence-corrected chi connectivity index (χ4v) is 4.42. The standard InChI is InChI=1S/C16H13N3O2S2/c20-16-17-7-11(21-16)8-22-14-12-6-13(10-4-2-1-3-5-10)23-15(12)19-9-18-14/h1-6,9,11H,7-8H2,(H,17,20)/t11-/m0/s1. The van der Waals surface area contributed by atoms with Crippen LogP contribution in [-0.4, -0.2) is 34.5 Å². The quantitative estimate of drug-likeness (QED) is 0.580. The van der Waals surface area contributed by atoms with E-state index in [0.29, 0.717) is 12.3 Å². The molecule has 5 nitrogen and oxygen atoms in total. The Morgan fingerprint density at radius 3 is 2.96 bits per heavy atom. The van der Waals surface area contributed by atoms with E-state index in [1.54, 1.807) is 29.4 Å². The lowest BCUT2D eigenvalue weighted by molar-refractivity contribution is 0.150. The van der Waals surface area contributed by atoms with Gasteiger partial charge in [0.1, 0.15) is 22.3 Å². The summed E-state index contributed by atoms with van der Waals surface area (Å²) in [6, 6.07) is 12.4. The zero-order valence-corrected chi connectivity index (χ0v) is 13.7. The fourth-order valence-electron chi connectivity index (χ4n) is 2.39. The molecule has 23 heavy (non-hydrogen) atoms. The van der Waals surface area contributed by atoms with Crippen molar-refractivity contribution in [1.29, 1.82) is 0 Å². The van der Waals surface area contributed by atoms with Gasteiger partial charge in [0.15, 0.2) is 0 Å². The second-order valence-corrected chi connectivity index (χ2v) is 7.13. The molecule has 2 aromatic heterocycles. The molecule has 1 aliphatic heterocycles. The first kappa shape index (κ1) is 14.5. The molecule has 0 radical (unpaired) electrons. The number of carbonyl (C=O) groups is 1. The largest absolute Gasteiger partial charge is 0.443 e. The Balaban J connectivity index is 1.60. The third-order valence-electron chi connectivity index (χ3n) is 3.50. The number of hydrogen-bond acceptors (Lipinski definition) is 6.